The van der Waals surface area contributed by atoms with Gasteiger partial charge in [0.25, 0.3) is 5.91 Å². The van der Waals surface area contributed by atoms with Gasteiger partial charge in [0, 0.05) is 30.8 Å². The van der Waals surface area contributed by atoms with E-state index in [1.54, 1.807) is 24.0 Å². The highest BCUT2D eigenvalue weighted by Crippen LogP contribution is 2.11. The molecule has 2 aromatic rings. The molecule has 1 atom stereocenters. The molecule has 0 aromatic heterocycles. The molecule has 1 unspecified atom stereocenters. The Bertz CT molecular complexity index is 841. The zero-order valence-corrected chi connectivity index (χ0v) is 17.4. The highest BCUT2D eigenvalue weighted by atomic mass is 19.1. The van der Waals surface area contributed by atoms with E-state index in [-0.39, 0.29) is 24.1 Å². The van der Waals surface area contributed by atoms with Crippen molar-refractivity contribution >= 4 is 23.4 Å². The molecule has 0 radical (unpaired) electrons. The summed E-state index contributed by atoms with van der Waals surface area (Å²) in [6.45, 7) is 4.45. The Kier molecular flexibility index (Phi) is 9.00. The molecule has 0 bridgehead atoms. The van der Waals surface area contributed by atoms with Gasteiger partial charge < -0.3 is 15.5 Å². The first-order valence-electron chi connectivity index (χ1n) is 10.1. The van der Waals surface area contributed by atoms with E-state index < -0.39 is 11.9 Å². The van der Waals surface area contributed by atoms with Crippen molar-refractivity contribution in [2.24, 2.45) is 0 Å². The van der Waals surface area contributed by atoms with Gasteiger partial charge >= 0.3 is 0 Å². The second-order valence-corrected chi connectivity index (χ2v) is 6.98. The normalized spacial score (nSPS) is 11.4. The molecular formula is C23H28FN3O3. The molecule has 0 aliphatic carbocycles. The maximum absolute atomic E-state index is 12.9. The number of hydrogen-bond acceptors (Lipinski definition) is 3. The molecule has 0 aliphatic heterocycles. The summed E-state index contributed by atoms with van der Waals surface area (Å²) < 4.78 is 12.9. The minimum Gasteiger partial charge on any atom is -0.352 e. The van der Waals surface area contributed by atoms with Crippen LogP contribution in [0.15, 0.2) is 54.6 Å². The summed E-state index contributed by atoms with van der Waals surface area (Å²) >= 11 is 0. The number of benzene rings is 2. The number of amides is 3. The van der Waals surface area contributed by atoms with Gasteiger partial charge in [0.1, 0.15) is 11.9 Å². The lowest BCUT2D eigenvalue weighted by atomic mass is 10.1. The van der Waals surface area contributed by atoms with Crippen molar-refractivity contribution in [1.29, 1.82) is 0 Å². The average Bonchev–Trinajstić information content (AvgIpc) is 2.75. The van der Waals surface area contributed by atoms with E-state index in [1.807, 2.05) is 25.1 Å². The standard InChI is InChI=1S/C23H28FN3O3/c1-3-16-27(17(2)22(29)26-20-8-5-4-6-9-20)21(28)10-7-15-25-23(30)18-11-13-19(24)14-12-18/h4-6,8-9,11-14,17H,3,7,10,15-16H2,1-2H3,(H,25,30)(H,26,29). The van der Waals surface area contributed by atoms with Crippen molar-refractivity contribution in [2.75, 3.05) is 18.4 Å². The van der Waals surface area contributed by atoms with Crippen LogP contribution in [0, 0.1) is 5.82 Å². The van der Waals surface area contributed by atoms with Crippen LogP contribution < -0.4 is 10.6 Å². The van der Waals surface area contributed by atoms with Crippen LogP contribution in [0.2, 0.25) is 0 Å². The van der Waals surface area contributed by atoms with Crippen LogP contribution >= 0.6 is 0 Å². The number of anilines is 1. The second kappa shape index (κ2) is 11.7. The van der Waals surface area contributed by atoms with Crippen LogP contribution in [0.3, 0.4) is 0 Å². The highest BCUT2D eigenvalue weighted by Gasteiger charge is 2.25. The summed E-state index contributed by atoms with van der Waals surface area (Å²) in [7, 11) is 0. The Morgan fingerprint density at radius 2 is 1.70 bits per heavy atom. The lowest BCUT2D eigenvalue weighted by Crippen LogP contribution is -2.46. The van der Waals surface area contributed by atoms with Gasteiger partial charge in [-0.2, -0.15) is 0 Å². The Morgan fingerprint density at radius 3 is 2.33 bits per heavy atom. The molecular weight excluding hydrogens is 385 g/mol. The minimum atomic E-state index is -0.605. The third kappa shape index (κ3) is 6.99. The number of nitrogens with one attached hydrogen (secondary N) is 2. The SMILES string of the molecule is CCCN(C(=O)CCCNC(=O)c1ccc(F)cc1)C(C)C(=O)Nc1ccccc1. The molecule has 160 valence electrons. The van der Waals surface area contributed by atoms with Gasteiger partial charge in [-0.05, 0) is 56.2 Å². The fourth-order valence-electron chi connectivity index (χ4n) is 2.97. The van der Waals surface area contributed by atoms with Gasteiger partial charge in [-0.3, -0.25) is 14.4 Å². The summed E-state index contributed by atoms with van der Waals surface area (Å²) in [6, 6.07) is 13.8. The molecule has 2 aromatic carbocycles. The smallest absolute Gasteiger partial charge is 0.251 e. The second-order valence-electron chi connectivity index (χ2n) is 6.98. The van der Waals surface area contributed by atoms with E-state index in [0.717, 1.165) is 6.42 Å². The summed E-state index contributed by atoms with van der Waals surface area (Å²) in [4.78, 5) is 38.8. The minimum absolute atomic E-state index is 0.136. The highest BCUT2D eigenvalue weighted by molar-refractivity contribution is 5.97. The number of halogens is 1. The van der Waals surface area contributed by atoms with Crippen LogP contribution in [0.5, 0.6) is 0 Å². The third-order valence-electron chi connectivity index (χ3n) is 4.63. The molecule has 30 heavy (non-hydrogen) atoms. The number of hydrogen-bond donors (Lipinski definition) is 2. The molecule has 0 fully saturated rings. The topological polar surface area (TPSA) is 78.5 Å². The first-order valence-corrected chi connectivity index (χ1v) is 10.1. The van der Waals surface area contributed by atoms with E-state index in [9.17, 15) is 18.8 Å². The molecule has 6 nitrogen and oxygen atoms in total. The average molecular weight is 413 g/mol. The summed E-state index contributed by atoms with van der Waals surface area (Å²) in [5.41, 5.74) is 1.04. The Labute approximate surface area is 176 Å². The summed E-state index contributed by atoms with van der Waals surface area (Å²) in [5, 5.41) is 5.54. The van der Waals surface area contributed by atoms with Crippen LogP contribution in [0.1, 0.15) is 43.5 Å². The summed E-state index contributed by atoms with van der Waals surface area (Å²) in [6.07, 6.45) is 1.39. The van der Waals surface area contributed by atoms with Gasteiger partial charge in [0.05, 0.1) is 0 Å². The van der Waals surface area contributed by atoms with E-state index in [2.05, 4.69) is 10.6 Å². The van der Waals surface area contributed by atoms with Crippen LogP contribution in [-0.2, 0) is 9.59 Å². The zero-order chi connectivity index (χ0) is 21.9. The molecule has 0 spiro atoms. The quantitative estimate of drug-likeness (QED) is 0.584. The van der Waals surface area contributed by atoms with Crippen molar-refractivity contribution in [1.82, 2.24) is 10.2 Å². The molecule has 3 amide bonds. The predicted octanol–water partition coefficient (Wildman–Crippen LogP) is 3.60. The van der Waals surface area contributed by atoms with Crippen molar-refractivity contribution in [3.05, 3.63) is 66.0 Å². The molecule has 0 heterocycles. The number of rotatable bonds is 10. The van der Waals surface area contributed by atoms with Crippen molar-refractivity contribution in [3.63, 3.8) is 0 Å². The van der Waals surface area contributed by atoms with E-state index >= 15 is 0 Å². The Morgan fingerprint density at radius 1 is 1.03 bits per heavy atom. The number of carbonyl (C=O) groups excluding carboxylic acids is 3. The molecule has 2 N–H and O–H groups in total. The molecule has 0 saturated carbocycles. The monoisotopic (exact) mass is 413 g/mol. The van der Waals surface area contributed by atoms with E-state index in [4.69, 9.17) is 0 Å². The van der Waals surface area contributed by atoms with Gasteiger partial charge in [-0.1, -0.05) is 25.1 Å². The van der Waals surface area contributed by atoms with Crippen molar-refractivity contribution in [2.45, 2.75) is 39.2 Å². The van der Waals surface area contributed by atoms with E-state index in [0.29, 0.717) is 30.8 Å². The van der Waals surface area contributed by atoms with Gasteiger partial charge in [-0.25, -0.2) is 4.39 Å². The molecule has 0 aliphatic rings. The fourth-order valence-corrected chi connectivity index (χ4v) is 2.97. The fraction of sp³-hybridized carbons (Fsp3) is 0.348. The molecule has 7 heteroatoms. The predicted molar refractivity (Wildman–Crippen MR) is 115 cm³/mol. The van der Waals surface area contributed by atoms with Gasteiger partial charge in [-0.15, -0.1) is 0 Å². The number of nitrogens with zero attached hydrogens (tertiary/aromatic N) is 1. The third-order valence-corrected chi connectivity index (χ3v) is 4.63. The zero-order valence-electron chi connectivity index (χ0n) is 17.4. The lowest BCUT2D eigenvalue weighted by molar-refractivity contribution is -0.138. The number of para-hydroxylation sites is 1. The Balaban J connectivity index is 1.83. The first kappa shape index (κ1) is 23.1. The number of carbonyl (C=O) groups is 3. The van der Waals surface area contributed by atoms with Crippen molar-refractivity contribution < 1.29 is 18.8 Å². The van der Waals surface area contributed by atoms with Crippen molar-refractivity contribution in [3.8, 4) is 0 Å². The summed E-state index contributed by atoms with van der Waals surface area (Å²) in [5.74, 6) is -1.10. The molecule has 2 rings (SSSR count). The first-order chi connectivity index (χ1) is 14.4. The van der Waals surface area contributed by atoms with Crippen LogP contribution in [0.25, 0.3) is 0 Å². The largest absolute Gasteiger partial charge is 0.352 e. The van der Waals surface area contributed by atoms with Gasteiger partial charge in [0.15, 0.2) is 0 Å². The van der Waals surface area contributed by atoms with Crippen LogP contribution in [0.4, 0.5) is 10.1 Å². The van der Waals surface area contributed by atoms with E-state index in [1.165, 1.54) is 24.3 Å². The lowest BCUT2D eigenvalue weighted by Gasteiger charge is -2.28. The van der Waals surface area contributed by atoms with Crippen LogP contribution in [-0.4, -0.2) is 41.8 Å². The maximum atomic E-state index is 12.9. The Hall–Kier alpha value is -3.22. The van der Waals surface area contributed by atoms with Gasteiger partial charge in [0.2, 0.25) is 11.8 Å². The molecule has 0 saturated heterocycles. The maximum Gasteiger partial charge on any atom is 0.251 e.